The van der Waals surface area contributed by atoms with E-state index >= 15 is 13.2 Å². The summed E-state index contributed by atoms with van der Waals surface area (Å²) in [5.74, 6) is -7.98. The number of nitrogens with zero attached hydrogens (tertiary/aromatic N) is 4. The Kier molecular flexibility index (Phi) is 7.72. The molecule has 0 spiro atoms. The Balaban J connectivity index is 1.32. The molecule has 1 saturated heterocycles. The summed E-state index contributed by atoms with van der Waals surface area (Å²) in [5.41, 5.74) is 0.269. The number of hydrogen-bond donors (Lipinski definition) is 1. The first-order valence-electron chi connectivity index (χ1n) is 13.5. The van der Waals surface area contributed by atoms with Gasteiger partial charge in [-0.25, -0.2) is 32.3 Å². The molecule has 5 aromatic rings. The molecule has 1 N–H and O–H groups in total. The van der Waals surface area contributed by atoms with E-state index in [0.717, 1.165) is 6.42 Å². The van der Waals surface area contributed by atoms with Gasteiger partial charge in [0.2, 0.25) is 5.82 Å². The fourth-order valence-electron chi connectivity index (χ4n) is 4.89. The lowest BCUT2D eigenvalue weighted by molar-refractivity contribution is -0.0589. The molecule has 3 heterocycles. The van der Waals surface area contributed by atoms with Gasteiger partial charge in [0.1, 0.15) is 24.1 Å². The summed E-state index contributed by atoms with van der Waals surface area (Å²) in [6.45, 7) is 2.07. The van der Waals surface area contributed by atoms with Crippen LogP contribution in [0.1, 0.15) is 39.3 Å². The average Bonchev–Trinajstić information content (AvgIpc) is 3.31. The highest BCUT2D eigenvalue weighted by atomic mass is 19.2. The first kappa shape index (κ1) is 29.2. The molecule has 3 aromatic carbocycles. The van der Waals surface area contributed by atoms with Crippen LogP contribution in [0.25, 0.3) is 22.4 Å². The molecule has 6 rings (SSSR count). The van der Waals surface area contributed by atoms with Crippen LogP contribution >= 0.6 is 0 Å². The minimum Gasteiger partial charge on any atom is -0.478 e. The number of ether oxygens (including phenoxy) is 2. The van der Waals surface area contributed by atoms with Crippen molar-refractivity contribution < 1.29 is 41.3 Å². The summed E-state index contributed by atoms with van der Waals surface area (Å²) in [5, 5.41) is 9.43. The summed E-state index contributed by atoms with van der Waals surface area (Å²) in [7, 11) is 0. The predicted molar refractivity (Wildman–Crippen MR) is 147 cm³/mol. The molecule has 8 nitrogen and oxygen atoms in total. The van der Waals surface area contributed by atoms with Gasteiger partial charge in [0.15, 0.2) is 17.5 Å². The molecule has 0 radical (unpaired) electrons. The number of benzene rings is 3. The predicted octanol–water partition coefficient (Wildman–Crippen LogP) is 6.15. The van der Waals surface area contributed by atoms with E-state index in [-0.39, 0.29) is 29.6 Å². The zero-order chi connectivity index (χ0) is 31.1. The van der Waals surface area contributed by atoms with Crippen molar-refractivity contribution in [2.24, 2.45) is 0 Å². The van der Waals surface area contributed by atoms with Gasteiger partial charge >= 0.3 is 5.97 Å². The van der Waals surface area contributed by atoms with Gasteiger partial charge in [-0.2, -0.15) is 9.37 Å². The normalized spacial score (nSPS) is 14.5. The molecule has 0 unspecified atom stereocenters. The highest BCUT2D eigenvalue weighted by Gasteiger charge is 2.27. The molecular weight excluding hydrogens is 587 g/mol. The molecule has 0 amide bonds. The largest absolute Gasteiger partial charge is 0.478 e. The van der Waals surface area contributed by atoms with E-state index in [1.165, 1.54) is 30.3 Å². The van der Waals surface area contributed by atoms with Gasteiger partial charge < -0.3 is 19.1 Å². The van der Waals surface area contributed by atoms with E-state index in [1.54, 1.807) is 17.6 Å². The topological polar surface area (TPSA) is 99.4 Å². The van der Waals surface area contributed by atoms with Gasteiger partial charge in [0.05, 0.1) is 41.0 Å². The van der Waals surface area contributed by atoms with Crippen LogP contribution < -0.4 is 4.74 Å². The number of carboxylic acids is 1. The van der Waals surface area contributed by atoms with Gasteiger partial charge in [-0.05, 0) is 49.2 Å². The maximum absolute atomic E-state index is 15.5. The Labute approximate surface area is 246 Å². The Bertz CT molecular complexity index is 1930. The van der Waals surface area contributed by atoms with Crippen LogP contribution in [0.2, 0.25) is 0 Å². The zero-order valence-electron chi connectivity index (χ0n) is 23.1. The summed E-state index contributed by atoms with van der Waals surface area (Å²) in [6.07, 6.45) is 0.706. The monoisotopic (exact) mass is 610 g/mol. The van der Waals surface area contributed by atoms with Crippen molar-refractivity contribution in [3.05, 3.63) is 106 Å². The molecule has 2 aromatic heterocycles. The second kappa shape index (κ2) is 11.6. The van der Waals surface area contributed by atoms with E-state index in [0.29, 0.717) is 35.5 Å². The van der Waals surface area contributed by atoms with Gasteiger partial charge in [0.25, 0.3) is 5.88 Å². The average molecular weight is 611 g/mol. The molecule has 0 saturated carbocycles. The molecular formula is C31H23F5N4O4. The fraction of sp³-hybridized carbons (Fsp3) is 0.226. The van der Waals surface area contributed by atoms with Gasteiger partial charge in [-0.1, -0.05) is 12.1 Å². The number of rotatable bonds is 9. The van der Waals surface area contributed by atoms with Crippen LogP contribution in [0.15, 0.2) is 48.7 Å². The van der Waals surface area contributed by atoms with Crippen molar-refractivity contribution in [3.63, 3.8) is 0 Å². The van der Waals surface area contributed by atoms with Crippen LogP contribution in [0.4, 0.5) is 22.0 Å². The molecule has 44 heavy (non-hydrogen) atoms. The highest BCUT2D eigenvalue weighted by molar-refractivity contribution is 5.92. The van der Waals surface area contributed by atoms with Crippen molar-refractivity contribution >= 4 is 17.0 Å². The maximum atomic E-state index is 15.5. The Morgan fingerprint density at radius 3 is 2.52 bits per heavy atom. The first-order valence-corrected chi connectivity index (χ1v) is 13.5. The van der Waals surface area contributed by atoms with Gasteiger partial charge in [-0.3, -0.25) is 0 Å². The highest BCUT2D eigenvalue weighted by Crippen LogP contribution is 2.31. The number of aromatic nitrogens is 4. The molecule has 1 aliphatic heterocycles. The summed E-state index contributed by atoms with van der Waals surface area (Å²) < 4.78 is 87.3. The van der Waals surface area contributed by atoms with Gasteiger partial charge in [-0.15, -0.1) is 0 Å². The Morgan fingerprint density at radius 1 is 1.02 bits per heavy atom. The van der Waals surface area contributed by atoms with E-state index in [4.69, 9.17) is 9.47 Å². The van der Waals surface area contributed by atoms with Crippen molar-refractivity contribution in [1.82, 2.24) is 19.5 Å². The molecule has 0 bridgehead atoms. The Morgan fingerprint density at radius 2 is 1.82 bits per heavy atom. The number of aryl methyl sites for hydroxylation is 1. The van der Waals surface area contributed by atoms with E-state index < -0.39 is 70.9 Å². The molecule has 0 aliphatic carbocycles. The summed E-state index contributed by atoms with van der Waals surface area (Å²) in [6, 6.07) is 9.29. The number of fused-ring (bicyclic) bond motifs is 1. The van der Waals surface area contributed by atoms with Crippen LogP contribution in [0, 0.1) is 36.0 Å². The van der Waals surface area contributed by atoms with Crippen molar-refractivity contribution in [2.75, 3.05) is 6.61 Å². The third kappa shape index (κ3) is 5.57. The molecule has 1 fully saturated rings. The first-order chi connectivity index (χ1) is 21.1. The van der Waals surface area contributed by atoms with Crippen molar-refractivity contribution in [3.8, 4) is 17.3 Å². The minimum absolute atomic E-state index is 0.000803. The maximum Gasteiger partial charge on any atom is 0.335 e. The lowest BCUT2D eigenvalue weighted by Crippen LogP contribution is -2.31. The second-order valence-electron chi connectivity index (χ2n) is 10.3. The zero-order valence-corrected chi connectivity index (χ0v) is 23.1. The van der Waals surface area contributed by atoms with Crippen LogP contribution in [-0.2, 0) is 24.3 Å². The molecule has 226 valence electrons. The van der Waals surface area contributed by atoms with Crippen molar-refractivity contribution in [1.29, 1.82) is 0 Å². The number of carbonyl (C=O) groups is 1. The number of carboxylic acid groups (broad SMARTS) is 1. The summed E-state index contributed by atoms with van der Waals surface area (Å²) in [4.78, 5) is 23.4. The third-order valence-electron chi connectivity index (χ3n) is 7.37. The smallest absolute Gasteiger partial charge is 0.335 e. The number of aromatic carboxylic acids is 1. The standard InChI is InChI=1S/C31H23F5N4O4/c1-15-2-3-17(21(32)8-15)14-44-30-23(34)12-37-29(39-30)20-10-22(33)19(27(35)28(20)36)11-26-38-24-5-4-16(31(41)42)9-25(24)40(26)13-18-6-7-43-18/h2-5,8-10,12,18H,6-7,11,13-14H2,1H3,(H,41,42)/t18-/m0/s1. The molecule has 1 atom stereocenters. The number of halogens is 5. The van der Waals surface area contributed by atoms with E-state index in [2.05, 4.69) is 15.0 Å². The van der Waals surface area contributed by atoms with E-state index in [1.807, 2.05) is 0 Å². The van der Waals surface area contributed by atoms with Gasteiger partial charge in [0, 0.05) is 24.2 Å². The lowest BCUT2D eigenvalue weighted by Gasteiger charge is -2.27. The third-order valence-corrected chi connectivity index (χ3v) is 7.37. The van der Waals surface area contributed by atoms with Crippen LogP contribution in [-0.4, -0.2) is 43.3 Å². The molecule has 1 aliphatic rings. The van der Waals surface area contributed by atoms with Crippen LogP contribution in [0.5, 0.6) is 5.88 Å². The SMILES string of the molecule is Cc1ccc(COc2nc(-c3cc(F)c(Cc4nc5ccc(C(=O)O)cc5n4C[C@@H]4CCO4)c(F)c3F)ncc2F)c(F)c1. The quantitative estimate of drug-likeness (QED) is 0.158. The van der Waals surface area contributed by atoms with E-state index in [9.17, 15) is 18.7 Å². The summed E-state index contributed by atoms with van der Waals surface area (Å²) >= 11 is 0. The fourth-order valence-corrected chi connectivity index (χ4v) is 4.89. The Hall–Kier alpha value is -4.91. The number of hydrogen-bond acceptors (Lipinski definition) is 6. The molecule has 13 heteroatoms. The van der Waals surface area contributed by atoms with Crippen molar-refractivity contribution in [2.45, 2.75) is 39.0 Å². The van der Waals surface area contributed by atoms with Crippen LogP contribution in [0.3, 0.4) is 0 Å². The number of imidazole rings is 1. The second-order valence-corrected chi connectivity index (χ2v) is 10.3. The lowest BCUT2D eigenvalue weighted by atomic mass is 10.0. The minimum atomic E-state index is -1.53.